The highest BCUT2D eigenvalue weighted by atomic mass is 19.1. The molecule has 1 aliphatic heterocycles. The molecule has 1 aliphatic rings. The number of carbonyl (C=O) groups excluding carboxylic acids is 1. The van der Waals surface area contributed by atoms with E-state index >= 15 is 0 Å². The predicted molar refractivity (Wildman–Crippen MR) is 35.2 cm³/mol. The molecule has 0 saturated heterocycles. The molecule has 2 rings (SSSR count). The maximum absolute atomic E-state index is 12.8. The van der Waals surface area contributed by atoms with Gasteiger partial charge in [0.05, 0.1) is 5.56 Å². The molecule has 0 radical (unpaired) electrons. The lowest BCUT2D eigenvalue weighted by atomic mass is 10.2. The minimum Gasteiger partial charge on any atom is -0.265 e. The van der Waals surface area contributed by atoms with Crippen molar-refractivity contribution in [2.24, 2.45) is 10.2 Å². The van der Waals surface area contributed by atoms with Gasteiger partial charge < -0.3 is 0 Å². The van der Waals surface area contributed by atoms with Crippen molar-refractivity contribution in [3.8, 4) is 0 Å². The largest absolute Gasteiger partial charge is 0.297 e. The highest BCUT2D eigenvalue weighted by Crippen LogP contribution is 2.28. The Morgan fingerprint density at radius 3 is 2.82 bits per heavy atom. The molecule has 11 heavy (non-hydrogen) atoms. The summed E-state index contributed by atoms with van der Waals surface area (Å²) in [4.78, 5) is 10.8. The number of halogens is 1. The Morgan fingerprint density at radius 1 is 1.27 bits per heavy atom. The van der Waals surface area contributed by atoms with Gasteiger partial charge in [0.1, 0.15) is 5.69 Å². The molecule has 0 aromatic heterocycles. The van der Waals surface area contributed by atoms with E-state index < -0.39 is 11.7 Å². The number of azo groups is 1. The van der Waals surface area contributed by atoms with Crippen molar-refractivity contribution in [2.45, 2.75) is 0 Å². The molecule has 0 saturated carbocycles. The Labute approximate surface area is 61.6 Å². The van der Waals surface area contributed by atoms with E-state index in [1.807, 2.05) is 0 Å². The van der Waals surface area contributed by atoms with Gasteiger partial charge in [-0.15, -0.1) is 10.2 Å². The SMILES string of the molecule is O=C1N=Nc2c(F)cccc21. The third-order valence-corrected chi connectivity index (χ3v) is 1.46. The zero-order chi connectivity index (χ0) is 7.84. The summed E-state index contributed by atoms with van der Waals surface area (Å²) < 4.78 is 12.8. The Balaban J connectivity index is 2.74. The van der Waals surface area contributed by atoms with Crippen LogP contribution in [0.25, 0.3) is 0 Å². The number of rotatable bonds is 0. The van der Waals surface area contributed by atoms with Gasteiger partial charge in [0, 0.05) is 0 Å². The molecule has 4 heteroatoms. The van der Waals surface area contributed by atoms with Crippen molar-refractivity contribution in [3.63, 3.8) is 0 Å². The summed E-state index contributed by atoms with van der Waals surface area (Å²) >= 11 is 0. The summed E-state index contributed by atoms with van der Waals surface area (Å²) in [5.41, 5.74) is 0.294. The first-order valence-electron chi connectivity index (χ1n) is 3.03. The van der Waals surface area contributed by atoms with E-state index in [0.717, 1.165) is 0 Å². The van der Waals surface area contributed by atoms with Crippen LogP contribution in [0.1, 0.15) is 10.4 Å². The van der Waals surface area contributed by atoms with Gasteiger partial charge in [-0.2, -0.15) is 0 Å². The van der Waals surface area contributed by atoms with Crippen molar-refractivity contribution < 1.29 is 9.18 Å². The van der Waals surface area contributed by atoms with Crippen LogP contribution < -0.4 is 0 Å². The van der Waals surface area contributed by atoms with Crippen LogP contribution in [0.3, 0.4) is 0 Å². The van der Waals surface area contributed by atoms with Crippen LogP contribution in [0, 0.1) is 5.82 Å². The van der Waals surface area contributed by atoms with Crippen LogP contribution in [0.2, 0.25) is 0 Å². The normalized spacial score (nSPS) is 13.7. The van der Waals surface area contributed by atoms with E-state index in [-0.39, 0.29) is 11.3 Å². The molecule has 0 fully saturated rings. The summed E-state index contributed by atoms with van der Waals surface area (Å²) in [6.07, 6.45) is 0. The number of hydrogen-bond acceptors (Lipinski definition) is 2. The zero-order valence-corrected chi connectivity index (χ0v) is 5.41. The van der Waals surface area contributed by atoms with E-state index in [4.69, 9.17) is 0 Å². The average molecular weight is 150 g/mol. The van der Waals surface area contributed by atoms with Gasteiger partial charge in [0.2, 0.25) is 0 Å². The minimum atomic E-state index is -0.503. The Hall–Kier alpha value is -1.58. The maximum Gasteiger partial charge on any atom is 0.297 e. The second-order valence-corrected chi connectivity index (χ2v) is 2.14. The van der Waals surface area contributed by atoms with Crippen LogP contribution in [0.4, 0.5) is 10.1 Å². The first-order chi connectivity index (χ1) is 5.29. The van der Waals surface area contributed by atoms with E-state index in [2.05, 4.69) is 10.2 Å². The monoisotopic (exact) mass is 150 g/mol. The predicted octanol–water partition coefficient (Wildman–Crippen LogP) is 2.06. The molecule has 54 valence electrons. The Kier molecular flexibility index (Phi) is 1.09. The van der Waals surface area contributed by atoms with Gasteiger partial charge in [-0.1, -0.05) is 6.07 Å². The van der Waals surface area contributed by atoms with Crippen molar-refractivity contribution in [1.82, 2.24) is 0 Å². The smallest absolute Gasteiger partial charge is 0.265 e. The zero-order valence-electron chi connectivity index (χ0n) is 5.41. The highest BCUT2D eigenvalue weighted by molar-refractivity contribution is 6.01. The second-order valence-electron chi connectivity index (χ2n) is 2.14. The number of benzene rings is 1. The number of fused-ring (bicyclic) bond motifs is 1. The van der Waals surface area contributed by atoms with Crippen LogP contribution in [-0.4, -0.2) is 5.91 Å². The fourth-order valence-electron chi connectivity index (χ4n) is 0.939. The lowest BCUT2D eigenvalue weighted by Gasteiger charge is -1.92. The van der Waals surface area contributed by atoms with Gasteiger partial charge in [0.15, 0.2) is 5.82 Å². The van der Waals surface area contributed by atoms with Crippen molar-refractivity contribution in [1.29, 1.82) is 0 Å². The van der Waals surface area contributed by atoms with Crippen LogP contribution in [0.5, 0.6) is 0 Å². The molecule has 0 aliphatic carbocycles. The molecule has 1 heterocycles. The van der Waals surface area contributed by atoms with Crippen molar-refractivity contribution in [3.05, 3.63) is 29.6 Å². The van der Waals surface area contributed by atoms with Crippen LogP contribution in [-0.2, 0) is 0 Å². The van der Waals surface area contributed by atoms with Crippen LogP contribution in [0.15, 0.2) is 28.4 Å². The molecular weight excluding hydrogens is 147 g/mol. The summed E-state index contributed by atoms with van der Waals surface area (Å²) in [5, 5.41) is 6.59. The standard InChI is InChI=1S/C7H3FN2O/c8-5-3-1-2-4-6(5)9-10-7(4)11/h1-3H. The van der Waals surface area contributed by atoms with E-state index in [1.54, 1.807) is 0 Å². The molecule has 0 bridgehead atoms. The minimum absolute atomic E-state index is 0.0532. The van der Waals surface area contributed by atoms with E-state index in [1.165, 1.54) is 18.2 Å². The Morgan fingerprint density at radius 2 is 2.09 bits per heavy atom. The molecule has 1 aromatic carbocycles. The van der Waals surface area contributed by atoms with E-state index in [0.29, 0.717) is 0 Å². The lowest BCUT2D eigenvalue weighted by Crippen LogP contribution is -1.88. The number of nitrogens with zero attached hydrogens (tertiary/aromatic N) is 2. The van der Waals surface area contributed by atoms with Gasteiger partial charge in [-0.05, 0) is 12.1 Å². The van der Waals surface area contributed by atoms with Crippen LogP contribution >= 0.6 is 0 Å². The highest BCUT2D eigenvalue weighted by Gasteiger charge is 2.19. The molecule has 0 N–H and O–H groups in total. The summed E-state index contributed by atoms with van der Waals surface area (Å²) in [5.74, 6) is -0.975. The number of hydrogen-bond donors (Lipinski definition) is 0. The quantitative estimate of drug-likeness (QED) is 0.558. The number of amides is 1. The van der Waals surface area contributed by atoms with Gasteiger partial charge in [0.25, 0.3) is 5.91 Å². The van der Waals surface area contributed by atoms with E-state index in [9.17, 15) is 9.18 Å². The lowest BCUT2D eigenvalue weighted by molar-refractivity contribution is 0.100. The first kappa shape index (κ1) is 6.15. The molecule has 1 aromatic rings. The third kappa shape index (κ3) is 0.756. The topological polar surface area (TPSA) is 41.8 Å². The average Bonchev–Trinajstić information content (AvgIpc) is 2.35. The second kappa shape index (κ2) is 1.95. The summed E-state index contributed by atoms with van der Waals surface area (Å²) in [6.45, 7) is 0. The molecule has 0 unspecified atom stereocenters. The van der Waals surface area contributed by atoms with Gasteiger partial charge >= 0.3 is 0 Å². The Bertz CT molecular complexity index is 359. The summed E-state index contributed by atoms with van der Waals surface area (Å²) in [7, 11) is 0. The molecule has 0 spiro atoms. The molecule has 1 amide bonds. The van der Waals surface area contributed by atoms with Crippen molar-refractivity contribution in [2.75, 3.05) is 0 Å². The first-order valence-corrected chi connectivity index (χ1v) is 3.03. The molecular formula is C7H3FN2O. The van der Waals surface area contributed by atoms with Gasteiger partial charge in [-0.25, -0.2) is 4.39 Å². The molecule has 0 atom stereocenters. The molecule has 3 nitrogen and oxygen atoms in total. The fraction of sp³-hybridized carbons (Fsp3) is 0. The van der Waals surface area contributed by atoms with Gasteiger partial charge in [-0.3, -0.25) is 4.79 Å². The third-order valence-electron chi connectivity index (χ3n) is 1.46. The van der Waals surface area contributed by atoms with Crippen molar-refractivity contribution >= 4 is 11.6 Å². The maximum atomic E-state index is 12.8. The summed E-state index contributed by atoms with van der Waals surface area (Å²) in [6, 6.07) is 4.21. The number of carbonyl (C=O) groups is 1. The fourth-order valence-corrected chi connectivity index (χ4v) is 0.939.